The van der Waals surface area contributed by atoms with Gasteiger partial charge < -0.3 is 15.4 Å². The number of sulfonamides is 1. The molecule has 0 radical (unpaired) electrons. The SMILES string of the molecule is CN=C(NCCS(=O)(=O)NCC1CCCCO1)NCC(C)(C)c1ccccc1. The largest absolute Gasteiger partial charge is 0.377 e. The van der Waals surface area contributed by atoms with Crippen LogP contribution < -0.4 is 15.4 Å². The Bertz CT molecular complexity index is 714. The monoisotopic (exact) mass is 410 g/mol. The first-order valence-corrected chi connectivity index (χ1v) is 11.6. The van der Waals surface area contributed by atoms with E-state index in [0.717, 1.165) is 25.9 Å². The second-order valence-electron chi connectivity index (χ2n) is 7.76. The highest BCUT2D eigenvalue weighted by Gasteiger charge is 2.21. The van der Waals surface area contributed by atoms with Crippen LogP contribution in [0.4, 0.5) is 0 Å². The molecule has 0 amide bonds. The Morgan fingerprint density at radius 2 is 1.96 bits per heavy atom. The van der Waals surface area contributed by atoms with Gasteiger partial charge in [-0.15, -0.1) is 0 Å². The quantitative estimate of drug-likeness (QED) is 0.425. The first-order valence-electron chi connectivity index (χ1n) is 9.91. The molecule has 0 saturated carbocycles. The fourth-order valence-corrected chi connectivity index (χ4v) is 4.04. The van der Waals surface area contributed by atoms with E-state index < -0.39 is 10.0 Å². The third kappa shape index (κ3) is 7.77. The summed E-state index contributed by atoms with van der Waals surface area (Å²) < 4.78 is 32.6. The summed E-state index contributed by atoms with van der Waals surface area (Å²) in [6, 6.07) is 10.3. The minimum Gasteiger partial charge on any atom is -0.377 e. The minimum absolute atomic E-state index is 0.00821. The molecular formula is C20H34N4O3S. The molecule has 7 nitrogen and oxygen atoms in total. The van der Waals surface area contributed by atoms with Crippen LogP contribution in [0.3, 0.4) is 0 Å². The normalized spacial score (nSPS) is 18.7. The van der Waals surface area contributed by atoms with Gasteiger partial charge in [-0.3, -0.25) is 4.99 Å². The van der Waals surface area contributed by atoms with E-state index in [1.807, 2.05) is 18.2 Å². The molecule has 1 heterocycles. The van der Waals surface area contributed by atoms with Crippen LogP contribution in [0.5, 0.6) is 0 Å². The van der Waals surface area contributed by atoms with E-state index in [1.165, 1.54) is 5.56 Å². The maximum Gasteiger partial charge on any atom is 0.213 e. The zero-order valence-electron chi connectivity index (χ0n) is 17.2. The van der Waals surface area contributed by atoms with Crippen LogP contribution >= 0.6 is 0 Å². The number of ether oxygens (including phenoxy) is 1. The first-order chi connectivity index (χ1) is 13.3. The fraction of sp³-hybridized carbons (Fsp3) is 0.650. The summed E-state index contributed by atoms with van der Waals surface area (Å²) in [6.07, 6.45) is 3.05. The molecule has 8 heteroatoms. The molecule has 1 saturated heterocycles. The molecule has 3 N–H and O–H groups in total. The van der Waals surface area contributed by atoms with E-state index in [9.17, 15) is 8.42 Å². The Balaban J connectivity index is 1.72. The molecule has 0 bridgehead atoms. The maximum atomic E-state index is 12.2. The van der Waals surface area contributed by atoms with Crippen molar-refractivity contribution in [2.75, 3.05) is 39.0 Å². The molecule has 1 aromatic carbocycles. The van der Waals surface area contributed by atoms with Gasteiger partial charge in [-0.1, -0.05) is 44.2 Å². The van der Waals surface area contributed by atoms with Crippen LogP contribution in [0.25, 0.3) is 0 Å². The van der Waals surface area contributed by atoms with Gasteiger partial charge in [-0.2, -0.15) is 0 Å². The molecule has 0 aromatic heterocycles. The summed E-state index contributed by atoms with van der Waals surface area (Å²) in [5.41, 5.74) is 1.15. The molecule has 28 heavy (non-hydrogen) atoms. The van der Waals surface area contributed by atoms with Crippen LogP contribution in [-0.4, -0.2) is 59.5 Å². The summed E-state index contributed by atoms with van der Waals surface area (Å²) in [6.45, 7) is 6.34. The van der Waals surface area contributed by atoms with E-state index in [0.29, 0.717) is 19.0 Å². The Kier molecular flexibility index (Phi) is 8.72. The van der Waals surface area contributed by atoms with Gasteiger partial charge in [0.25, 0.3) is 0 Å². The number of benzene rings is 1. The lowest BCUT2D eigenvalue weighted by Crippen LogP contribution is -2.45. The Morgan fingerprint density at radius 3 is 2.61 bits per heavy atom. The molecule has 1 unspecified atom stereocenters. The molecule has 1 atom stereocenters. The third-order valence-corrected chi connectivity index (χ3v) is 6.29. The third-order valence-electron chi connectivity index (χ3n) is 4.94. The topological polar surface area (TPSA) is 91.8 Å². The number of guanidine groups is 1. The number of aliphatic imine (C=N–C) groups is 1. The number of hydrogen-bond donors (Lipinski definition) is 3. The highest BCUT2D eigenvalue weighted by Crippen LogP contribution is 2.21. The Hall–Kier alpha value is -1.64. The van der Waals surface area contributed by atoms with Crippen molar-refractivity contribution in [3.05, 3.63) is 35.9 Å². The number of hydrogen-bond acceptors (Lipinski definition) is 4. The fourth-order valence-electron chi connectivity index (χ4n) is 3.08. The van der Waals surface area contributed by atoms with Gasteiger partial charge in [-0.25, -0.2) is 13.1 Å². The van der Waals surface area contributed by atoms with E-state index in [2.05, 4.69) is 46.3 Å². The summed E-state index contributed by atoms with van der Waals surface area (Å²) >= 11 is 0. The molecule has 1 aromatic rings. The maximum absolute atomic E-state index is 12.2. The lowest BCUT2D eigenvalue weighted by Gasteiger charge is -2.26. The smallest absolute Gasteiger partial charge is 0.213 e. The second-order valence-corrected chi connectivity index (χ2v) is 9.68. The highest BCUT2D eigenvalue weighted by molar-refractivity contribution is 7.89. The zero-order valence-corrected chi connectivity index (χ0v) is 18.0. The average molecular weight is 411 g/mol. The van der Waals surface area contributed by atoms with Crippen molar-refractivity contribution in [3.8, 4) is 0 Å². The molecule has 1 aliphatic heterocycles. The van der Waals surface area contributed by atoms with Crippen molar-refractivity contribution in [3.63, 3.8) is 0 Å². The highest BCUT2D eigenvalue weighted by atomic mass is 32.2. The van der Waals surface area contributed by atoms with Gasteiger partial charge in [-0.05, 0) is 24.8 Å². The van der Waals surface area contributed by atoms with E-state index >= 15 is 0 Å². The van der Waals surface area contributed by atoms with Crippen molar-refractivity contribution in [2.45, 2.75) is 44.6 Å². The lowest BCUT2D eigenvalue weighted by atomic mass is 9.85. The lowest BCUT2D eigenvalue weighted by molar-refractivity contribution is 0.0200. The van der Waals surface area contributed by atoms with Gasteiger partial charge >= 0.3 is 0 Å². The molecule has 2 rings (SSSR count). The summed E-state index contributed by atoms with van der Waals surface area (Å²) in [4.78, 5) is 4.18. The molecule has 158 valence electrons. The summed E-state index contributed by atoms with van der Waals surface area (Å²) in [5, 5.41) is 6.36. The van der Waals surface area contributed by atoms with Gasteiger partial charge in [0.2, 0.25) is 10.0 Å². The molecular weight excluding hydrogens is 376 g/mol. The average Bonchev–Trinajstić information content (AvgIpc) is 2.70. The number of nitrogens with one attached hydrogen (secondary N) is 3. The van der Waals surface area contributed by atoms with Gasteiger partial charge in [0, 0.05) is 38.7 Å². The summed E-state index contributed by atoms with van der Waals surface area (Å²) in [7, 11) is -1.67. The standard InChI is InChI=1S/C20H34N4O3S/c1-20(2,17-9-5-4-6-10-17)16-23-19(21-3)22-12-14-28(25,26)24-15-18-11-7-8-13-27-18/h4-6,9-10,18,24H,7-8,11-16H2,1-3H3,(H2,21,22,23). The van der Waals surface area contributed by atoms with Crippen molar-refractivity contribution in [1.82, 2.24) is 15.4 Å². The van der Waals surface area contributed by atoms with Crippen LogP contribution in [0.15, 0.2) is 35.3 Å². The molecule has 1 fully saturated rings. The first kappa shape index (κ1) is 22.6. The molecule has 1 aliphatic rings. The Labute approximate surface area is 169 Å². The van der Waals surface area contributed by atoms with E-state index in [4.69, 9.17) is 4.74 Å². The number of nitrogens with zero attached hydrogens (tertiary/aromatic N) is 1. The van der Waals surface area contributed by atoms with Crippen LogP contribution in [-0.2, 0) is 20.2 Å². The van der Waals surface area contributed by atoms with Crippen LogP contribution in [0.2, 0.25) is 0 Å². The Morgan fingerprint density at radius 1 is 1.21 bits per heavy atom. The predicted molar refractivity (Wildman–Crippen MR) is 114 cm³/mol. The van der Waals surface area contributed by atoms with Gasteiger partial charge in [0.1, 0.15) is 0 Å². The zero-order chi connectivity index (χ0) is 20.5. The van der Waals surface area contributed by atoms with E-state index in [-0.39, 0.29) is 23.8 Å². The number of rotatable bonds is 9. The van der Waals surface area contributed by atoms with Crippen molar-refractivity contribution < 1.29 is 13.2 Å². The molecule has 0 spiro atoms. The minimum atomic E-state index is -3.35. The summed E-state index contributed by atoms with van der Waals surface area (Å²) in [5.74, 6) is 0.581. The van der Waals surface area contributed by atoms with Crippen LogP contribution in [0.1, 0.15) is 38.7 Å². The van der Waals surface area contributed by atoms with Crippen LogP contribution in [0, 0.1) is 0 Å². The van der Waals surface area contributed by atoms with Crippen molar-refractivity contribution in [2.24, 2.45) is 4.99 Å². The predicted octanol–water partition coefficient (Wildman–Crippen LogP) is 1.62. The van der Waals surface area contributed by atoms with Crippen molar-refractivity contribution in [1.29, 1.82) is 0 Å². The molecule has 0 aliphatic carbocycles. The van der Waals surface area contributed by atoms with Gasteiger partial charge in [0.15, 0.2) is 5.96 Å². The van der Waals surface area contributed by atoms with E-state index in [1.54, 1.807) is 7.05 Å². The van der Waals surface area contributed by atoms with Gasteiger partial charge in [0.05, 0.1) is 11.9 Å². The second kappa shape index (κ2) is 10.8. The van der Waals surface area contributed by atoms with Crippen molar-refractivity contribution >= 4 is 16.0 Å².